The first-order valence-electron chi connectivity index (χ1n) is 22.8. The zero-order valence-electron chi connectivity index (χ0n) is 38.9. The second-order valence-corrected chi connectivity index (χ2v) is 22.6. The van der Waals surface area contributed by atoms with E-state index in [1.165, 1.54) is 33.2 Å². The van der Waals surface area contributed by atoms with E-state index in [1.54, 1.807) is 0 Å². The first-order valence-corrected chi connectivity index (χ1v) is 22.8. The molecule has 3 aliphatic rings. The van der Waals surface area contributed by atoms with Gasteiger partial charge in [-0.25, -0.2) is 4.79 Å². The summed E-state index contributed by atoms with van der Waals surface area (Å²) in [5, 5.41) is 4.39. The molecule has 3 aliphatic heterocycles. The number of urea groups is 1. The molecule has 0 bridgehead atoms. The molecule has 0 spiro atoms. The Morgan fingerprint density at radius 2 is 0.952 bits per heavy atom. The third-order valence-corrected chi connectivity index (χ3v) is 14.3. The maximum Gasteiger partial charge on any atom is 0.338 e. The summed E-state index contributed by atoms with van der Waals surface area (Å²) in [6.07, 6.45) is 0. The Labute approximate surface area is 373 Å². The quantitative estimate of drug-likeness (QED) is 0.163. The lowest BCUT2D eigenvalue weighted by Gasteiger charge is -2.46. The van der Waals surface area contributed by atoms with Crippen LogP contribution in [-0.4, -0.2) is 19.5 Å². The van der Waals surface area contributed by atoms with Crippen LogP contribution in [0.4, 0.5) is 27.5 Å². The lowest BCUT2D eigenvalue weighted by Crippen LogP contribution is -2.64. The van der Waals surface area contributed by atoms with Gasteiger partial charge >= 0.3 is 6.03 Å². The number of nitrogens with zero attached hydrogens (tertiary/aromatic N) is 2. The lowest BCUT2D eigenvalue weighted by molar-refractivity contribution is 0.255. The minimum Gasteiger partial charge on any atom is -0.457 e. The standard InChI is InChI=1S/C57H56B2N2O2/c1-54(2,3)34-27-35(55(4,5)6)30-38(29-34)58-42-18-14-15-19-45(42)60-50-43(58)24-21-33-22-25-44-51(48(33)50)61(53(60)62)46-26-23-41-40-17-13-16-20-47(40)63-52(41)49(46)59(44)39-31-36(56(7,8)9)28-37(32-39)57(10,11)12/h13-32H,1-12H3. The first-order chi connectivity index (χ1) is 29.7. The maximum atomic E-state index is 16.0. The van der Waals surface area contributed by atoms with E-state index < -0.39 is 0 Å². The molecule has 11 rings (SSSR count). The summed E-state index contributed by atoms with van der Waals surface area (Å²) in [6, 6.07) is 44.9. The van der Waals surface area contributed by atoms with Crippen LogP contribution >= 0.6 is 0 Å². The van der Waals surface area contributed by atoms with Crippen LogP contribution in [-0.2, 0) is 21.7 Å². The molecular formula is C57H56B2N2O2. The van der Waals surface area contributed by atoms with Gasteiger partial charge in [-0.15, -0.1) is 0 Å². The lowest BCUT2D eigenvalue weighted by atomic mass is 9.33. The van der Waals surface area contributed by atoms with Crippen molar-refractivity contribution in [3.8, 4) is 0 Å². The minimum absolute atomic E-state index is 0.0474. The van der Waals surface area contributed by atoms with Gasteiger partial charge in [0.15, 0.2) is 0 Å². The van der Waals surface area contributed by atoms with Crippen LogP contribution in [0.2, 0.25) is 0 Å². The van der Waals surface area contributed by atoms with Gasteiger partial charge in [0.25, 0.3) is 6.71 Å². The number of hydrogen-bond acceptors (Lipinski definition) is 2. The molecule has 2 amide bonds. The van der Waals surface area contributed by atoms with E-state index in [1.807, 2.05) is 15.9 Å². The number of benzene rings is 7. The second kappa shape index (κ2) is 13.0. The van der Waals surface area contributed by atoms with E-state index >= 15 is 4.79 Å². The van der Waals surface area contributed by atoms with Crippen molar-refractivity contribution < 1.29 is 9.21 Å². The molecular weight excluding hydrogens is 766 g/mol. The van der Waals surface area contributed by atoms with E-state index in [2.05, 4.69) is 198 Å². The van der Waals surface area contributed by atoms with Crippen LogP contribution in [0.15, 0.2) is 126 Å². The number of rotatable bonds is 2. The molecule has 63 heavy (non-hydrogen) atoms. The van der Waals surface area contributed by atoms with Gasteiger partial charge in [-0.05, 0) is 95.4 Å². The first kappa shape index (κ1) is 39.8. The van der Waals surface area contributed by atoms with Crippen molar-refractivity contribution in [3.63, 3.8) is 0 Å². The summed E-state index contributed by atoms with van der Waals surface area (Å²) in [4.78, 5) is 20.1. The predicted molar refractivity (Wildman–Crippen MR) is 271 cm³/mol. The largest absolute Gasteiger partial charge is 0.457 e. The Kier molecular flexibility index (Phi) is 8.24. The van der Waals surface area contributed by atoms with Crippen LogP contribution in [0.1, 0.15) is 105 Å². The number of anilines is 4. The zero-order valence-corrected chi connectivity index (χ0v) is 38.9. The van der Waals surface area contributed by atoms with Gasteiger partial charge < -0.3 is 4.42 Å². The van der Waals surface area contributed by atoms with Crippen LogP contribution < -0.4 is 42.6 Å². The molecule has 8 aromatic rings. The van der Waals surface area contributed by atoms with Gasteiger partial charge in [-0.3, -0.25) is 9.80 Å². The normalized spacial score (nSPS) is 14.9. The molecule has 0 fully saturated rings. The van der Waals surface area contributed by atoms with Crippen LogP contribution in [0.5, 0.6) is 0 Å². The highest BCUT2D eigenvalue weighted by Crippen LogP contribution is 2.48. The molecule has 6 heteroatoms. The smallest absolute Gasteiger partial charge is 0.338 e. The van der Waals surface area contributed by atoms with E-state index in [-0.39, 0.29) is 41.1 Å². The zero-order chi connectivity index (χ0) is 44.3. The average molecular weight is 823 g/mol. The van der Waals surface area contributed by atoms with E-state index in [9.17, 15) is 0 Å². The van der Waals surface area contributed by atoms with Crippen molar-refractivity contribution in [2.45, 2.75) is 105 Å². The number of amides is 2. The summed E-state index contributed by atoms with van der Waals surface area (Å²) >= 11 is 0. The Balaban J connectivity index is 1.27. The van der Waals surface area contributed by atoms with Crippen molar-refractivity contribution in [3.05, 3.63) is 144 Å². The highest BCUT2D eigenvalue weighted by Gasteiger charge is 2.49. The molecule has 0 aliphatic carbocycles. The summed E-state index contributed by atoms with van der Waals surface area (Å²) in [6.45, 7) is 27.4. The molecule has 312 valence electrons. The van der Waals surface area contributed by atoms with Crippen LogP contribution in [0.3, 0.4) is 0 Å². The maximum absolute atomic E-state index is 16.0. The number of furan rings is 1. The summed E-state index contributed by atoms with van der Waals surface area (Å²) < 4.78 is 6.96. The predicted octanol–water partition coefficient (Wildman–Crippen LogP) is 11.0. The Morgan fingerprint density at radius 3 is 1.52 bits per heavy atom. The third-order valence-electron chi connectivity index (χ3n) is 14.3. The van der Waals surface area contributed by atoms with Crippen molar-refractivity contribution >= 4 is 108 Å². The average Bonchev–Trinajstić information content (AvgIpc) is 3.61. The van der Waals surface area contributed by atoms with Crippen LogP contribution in [0.25, 0.3) is 32.7 Å². The topological polar surface area (TPSA) is 36.7 Å². The van der Waals surface area contributed by atoms with Gasteiger partial charge in [0.05, 0.1) is 11.4 Å². The number of hydrogen-bond donors (Lipinski definition) is 0. The van der Waals surface area contributed by atoms with Crippen molar-refractivity contribution in [1.29, 1.82) is 0 Å². The molecule has 4 heterocycles. The molecule has 0 radical (unpaired) electrons. The van der Waals surface area contributed by atoms with Gasteiger partial charge in [0.2, 0.25) is 6.71 Å². The Morgan fingerprint density at radius 1 is 0.460 bits per heavy atom. The molecule has 7 aromatic carbocycles. The van der Waals surface area contributed by atoms with E-state index in [0.29, 0.717) is 0 Å². The van der Waals surface area contributed by atoms with Gasteiger partial charge in [-0.2, -0.15) is 0 Å². The molecule has 0 N–H and O–H groups in total. The number of carbonyl (C=O) groups is 1. The fourth-order valence-corrected chi connectivity index (χ4v) is 10.7. The third kappa shape index (κ3) is 5.86. The second-order valence-electron chi connectivity index (χ2n) is 22.6. The number of fused-ring (bicyclic) bond motifs is 8. The molecule has 0 saturated heterocycles. The Hall–Kier alpha value is -6.00. The highest BCUT2D eigenvalue weighted by molar-refractivity contribution is 7.00. The summed E-state index contributed by atoms with van der Waals surface area (Å²) in [5.74, 6) is 0. The van der Waals surface area contributed by atoms with Gasteiger partial charge in [0, 0.05) is 27.5 Å². The van der Waals surface area contributed by atoms with E-state index in [0.717, 1.165) is 77.3 Å². The van der Waals surface area contributed by atoms with Crippen molar-refractivity contribution in [2.75, 3.05) is 9.80 Å². The fraction of sp³-hybridized carbons (Fsp3) is 0.281. The van der Waals surface area contributed by atoms with Gasteiger partial charge in [-0.1, -0.05) is 191 Å². The number of para-hydroxylation sites is 2. The highest BCUT2D eigenvalue weighted by atomic mass is 16.3. The minimum atomic E-state index is -0.206. The van der Waals surface area contributed by atoms with E-state index in [4.69, 9.17) is 4.42 Å². The fourth-order valence-electron chi connectivity index (χ4n) is 10.7. The monoisotopic (exact) mass is 822 g/mol. The molecule has 0 saturated carbocycles. The van der Waals surface area contributed by atoms with Crippen molar-refractivity contribution in [1.82, 2.24) is 0 Å². The van der Waals surface area contributed by atoms with Crippen LogP contribution in [0, 0.1) is 0 Å². The number of carbonyl (C=O) groups excluding carboxylic acids is 1. The summed E-state index contributed by atoms with van der Waals surface area (Å²) in [7, 11) is 0. The SMILES string of the molecule is CC(C)(C)c1cc(B2c3ccccc3N3C(=O)N4c5ccc6c(oc7ccccc76)c5B(c5cc(C(C)(C)C)cc(C(C)(C)C)c5)c5ccc6ccc2c3c6c54)cc(C(C)(C)C)c1. The molecule has 0 unspecified atom stereocenters. The van der Waals surface area contributed by atoms with Gasteiger partial charge in [0.1, 0.15) is 11.2 Å². The van der Waals surface area contributed by atoms with Crippen molar-refractivity contribution in [2.24, 2.45) is 0 Å². The molecule has 1 aromatic heterocycles. The molecule has 4 nitrogen and oxygen atoms in total. The summed E-state index contributed by atoms with van der Waals surface area (Å²) in [5.41, 5.74) is 17.4. The Bertz CT molecular complexity index is 3210. The molecule has 0 atom stereocenters.